The lowest BCUT2D eigenvalue weighted by atomic mass is 10.2. The molecule has 1 aliphatic rings. The Hall–Kier alpha value is -0.530. The number of nitrogens with two attached hydrogens (primary N) is 1. The first-order valence-electron chi connectivity index (χ1n) is 6.43. The lowest BCUT2D eigenvalue weighted by Gasteiger charge is -2.25. The van der Waals surface area contributed by atoms with Gasteiger partial charge in [-0.05, 0) is 18.8 Å². The highest BCUT2D eigenvalue weighted by molar-refractivity contribution is 5.85. The van der Waals surface area contributed by atoms with Gasteiger partial charge in [0.05, 0.1) is 18.9 Å². The van der Waals surface area contributed by atoms with Crippen molar-refractivity contribution in [2.24, 2.45) is 11.7 Å². The Morgan fingerprint density at radius 2 is 2.05 bits per heavy atom. The maximum absolute atomic E-state index is 12.2. The number of nitrogens with zero attached hydrogens (tertiary/aromatic N) is 1. The van der Waals surface area contributed by atoms with Gasteiger partial charge in [-0.2, -0.15) is 13.2 Å². The Balaban J connectivity index is 0.00000361. The maximum atomic E-state index is 12.2. The highest BCUT2D eigenvalue weighted by atomic mass is 35.5. The molecule has 0 spiro atoms. The van der Waals surface area contributed by atoms with Crippen molar-refractivity contribution >= 4 is 18.3 Å². The van der Waals surface area contributed by atoms with Crippen molar-refractivity contribution in [1.29, 1.82) is 0 Å². The monoisotopic (exact) mass is 318 g/mol. The van der Waals surface area contributed by atoms with Crippen molar-refractivity contribution in [2.45, 2.75) is 38.0 Å². The van der Waals surface area contributed by atoms with E-state index >= 15 is 0 Å². The van der Waals surface area contributed by atoms with Gasteiger partial charge in [-0.1, -0.05) is 0 Å². The van der Waals surface area contributed by atoms with Crippen LogP contribution in [0, 0.1) is 5.92 Å². The van der Waals surface area contributed by atoms with Crippen LogP contribution in [-0.2, 0) is 9.53 Å². The second kappa shape index (κ2) is 8.69. The van der Waals surface area contributed by atoms with E-state index in [9.17, 15) is 18.0 Å². The summed E-state index contributed by atoms with van der Waals surface area (Å²) >= 11 is 0. The fraction of sp³-hybridized carbons (Fsp3) is 0.917. The first kappa shape index (κ1) is 19.5. The minimum atomic E-state index is -4.24. The van der Waals surface area contributed by atoms with Gasteiger partial charge in [0.15, 0.2) is 0 Å². The van der Waals surface area contributed by atoms with Gasteiger partial charge in [0, 0.05) is 26.7 Å². The van der Waals surface area contributed by atoms with E-state index in [1.165, 1.54) is 12.0 Å². The summed E-state index contributed by atoms with van der Waals surface area (Å²) in [5.74, 6) is 0.0458. The third kappa shape index (κ3) is 7.91. The molecule has 120 valence electrons. The summed E-state index contributed by atoms with van der Waals surface area (Å²) in [5.41, 5.74) is 5.41. The topological polar surface area (TPSA) is 55.6 Å². The zero-order valence-corrected chi connectivity index (χ0v) is 12.3. The fourth-order valence-corrected chi connectivity index (χ4v) is 1.78. The van der Waals surface area contributed by atoms with Crippen LogP contribution in [0.3, 0.4) is 0 Å². The summed E-state index contributed by atoms with van der Waals surface area (Å²) in [4.78, 5) is 13.3. The Morgan fingerprint density at radius 3 is 2.45 bits per heavy atom. The van der Waals surface area contributed by atoms with Crippen molar-refractivity contribution in [3.05, 3.63) is 0 Å². The fourth-order valence-electron chi connectivity index (χ4n) is 1.78. The molecule has 0 aromatic carbocycles. The van der Waals surface area contributed by atoms with Crippen molar-refractivity contribution in [2.75, 3.05) is 26.7 Å². The molecule has 0 aromatic heterocycles. The van der Waals surface area contributed by atoms with Crippen LogP contribution in [0.15, 0.2) is 0 Å². The van der Waals surface area contributed by atoms with Crippen molar-refractivity contribution in [3.63, 3.8) is 0 Å². The van der Waals surface area contributed by atoms with E-state index in [1.807, 2.05) is 0 Å². The van der Waals surface area contributed by atoms with E-state index in [1.54, 1.807) is 0 Å². The van der Waals surface area contributed by atoms with Gasteiger partial charge >= 0.3 is 6.18 Å². The quantitative estimate of drug-likeness (QED) is 0.744. The highest BCUT2D eigenvalue weighted by Crippen LogP contribution is 2.30. The first-order chi connectivity index (χ1) is 8.85. The molecule has 1 aliphatic carbocycles. The third-order valence-corrected chi connectivity index (χ3v) is 3.19. The number of halogens is 4. The molecule has 1 unspecified atom stereocenters. The summed E-state index contributed by atoms with van der Waals surface area (Å²) in [6.45, 7) is 0.314. The Kier molecular flexibility index (Phi) is 8.46. The molecular formula is C12H22ClF3N2O2. The number of methoxy groups -OCH3 is 1. The summed E-state index contributed by atoms with van der Waals surface area (Å²) < 4.78 is 41.7. The van der Waals surface area contributed by atoms with E-state index in [4.69, 9.17) is 10.5 Å². The number of alkyl halides is 3. The molecule has 0 radical (unpaired) electrons. The summed E-state index contributed by atoms with van der Waals surface area (Å²) in [6.07, 6.45) is -3.62. The minimum Gasteiger partial charge on any atom is -0.380 e. The predicted octanol–water partition coefficient (Wildman–Crippen LogP) is 1.96. The average Bonchev–Trinajstić information content (AvgIpc) is 3.13. The van der Waals surface area contributed by atoms with Crippen LogP contribution in [0.25, 0.3) is 0 Å². The van der Waals surface area contributed by atoms with E-state index in [0.29, 0.717) is 12.5 Å². The number of ether oxygens (including phenoxy) is 1. The zero-order valence-electron chi connectivity index (χ0n) is 11.5. The van der Waals surface area contributed by atoms with Gasteiger partial charge < -0.3 is 15.4 Å². The van der Waals surface area contributed by atoms with Gasteiger partial charge in [0.1, 0.15) is 0 Å². The normalized spacial score (nSPS) is 16.4. The Morgan fingerprint density at radius 1 is 1.45 bits per heavy atom. The minimum absolute atomic E-state index is 0. The lowest BCUT2D eigenvalue weighted by Crippen LogP contribution is -2.39. The number of rotatable bonds is 8. The molecule has 0 bridgehead atoms. The van der Waals surface area contributed by atoms with Gasteiger partial charge in [0.2, 0.25) is 5.91 Å². The van der Waals surface area contributed by atoms with Crippen LogP contribution >= 0.6 is 12.4 Å². The summed E-state index contributed by atoms with van der Waals surface area (Å²) in [6, 6.07) is 0. The second-order valence-corrected chi connectivity index (χ2v) is 4.95. The maximum Gasteiger partial charge on any atom is 0.390 e. The molecule has 20 heavy (non-hydrogen) atoms. The highest BCUT2D eigenvalue weighted by Gasteiger charge is 2.32. The molecule has 2 N–H and O–H groups in total. The van der Waals surface area contributed by atoms with E-state index < -0.39 is 18.7 Å². The number of hydrogen-bond donors (Lipinski definition) is 1. The standard InChI is InChI=1S/C12H21F3N2O2.ClH/c1-19-10(7-16)6-11(18)17(8-9-2-3-9)5-4-12(13,14)15;/h9-10H,2-8,16H2,1H3;1H. The van der Waals surface area contributed by atoms with E-state index in [2.05, 4.69) is 0 Å². The van der Waals surface area contributed by atoms with Crippen LogP contribution < -0.4 is 5.73 Å². The van der Waals surface area contributed by atoms with E-state index in [0.717, 1.165) is 12.8 Å². The molecule has 4 nitrogen and oxygen atoms in total. The van der Waals surface area contributed by atoms with Crippen LogP contribution in [-0.4, -0.2) is 49.8 Å². The molecule has 0 heterocycles. The van der Waals surface area contributed by atoms with Gasteiger partial charge in [-0.3, -0.25) is 4.79 Å². The van der Waals surface area contributed by atoms with Crippen LogP contribution in [0.4, 0.5) is 13.2 Å². The summed E-state index contributed by atoms with van der Waals surface area (Å²) in [5, 5.41) is 0. The molecule has 1 amide bonds. The van der Waals surface area contributed by atoms with Crippen molar-refractivity contribution in [3.8, 4) is 0 Å². The SMILES string of the molecule is COC(CN)CC(=O)N(CCC(F)(F)F)CC1CC1.Cl. The number of amides is 1. The Bertz CT molecular complexity index is 295. The number of carbonyl (C=O) groups is 1. The third-order valence-electron chi connectivity index (χ3n) is 3.19. The van der Waals surface area contributed by atoms with Gasteiger partial charge in [0.25, 0.3) is 0 Å². The smallest absolute Gasteiger partial charge is 0.380 e. The van der Waals surface area contributed by atoms with Gasteiger partial charge in [-0.15, -0.1) is 12.4 Å². The average molecular weight is 319 g/mol. The molecule has 1 fully saturated rings. The molecule has 8 heteroatoms. The molecule has 1 rings (SSSR count). The van der Waals surface area contributed by atoms with Crippen LogP contribution in [0.2, 0.25) is 0 Å². The van der Waals surface area contributed by atoms with Crippen LogP contribution in [0.5, 0.6) is 0 Å². The lowest BCUT2D eigenvalue weighted by molar-refractivity contribution is -0.146. The Labute approximate surface area is 123 Å². The second-order valence-electron chi connectivity index (χ2n) is 4.95. The zero-order chi connectivity index (χ0) is 14.5. The largest absolute Gasteiger partial charge is 0.390 e. The number of hydrogen-bond acceptors (Lipinski definition) is 3. The molecule has 1 saturated carbocycles. The van der Waals surface area contributed by atoms with Gasteiger partial charge in [-0.25, -0.2) is 0 Å². The summed E-state index contributed by atoms with van der Waals surface area (Å²) in [7, 11) is 1.44. The molecule has 1 atom stereocenters. The van der Waals surface area contributed by atoms with Crippen LogP contribution in [0.1, 0.15) is 25.7 Å². The van der Waals surface area contributed by atoms with Crippen molar-refractivity contribution < 1.29 is 22.7 Å². The predicted molar refractivity (Wildman–Crippen MR) is 71.7 cm³/mol. The van der Waals surface area contributed by atoms with E-state index in [-0.39, 0.29) is 37.8 Å². The molecule has 0 aromatic rings. The van der Waals surface area contributed by atoms with Crippen molar-refractivity contribution in [1.82, 2.24) is 4.90 Å². The first-order valence-corrected chi connectivity index (χ1v) is 6.43. The number of carbonyl (C=O) groups excluding carboxylic acids is 1. The molecule has 0 saturated heterocycles. The molecular weight excluding hydrogens is 297 g/mol. The molecule has 0 aliphatic heterocycles.